The minimum absolute atomic E-state index is 0.115. The molecule has 6 nitrogen and oxygen atoms in total. The van der Waals surface area contributed by atoms with Gasteiger partial charge < -0.3 is 15.0 Å². The molecule has 1 aliphatic rings. The molecule has 1 unspecified atom stereocenters. The van der Waals surface area contributed by atoms with E-state index in [9.17, 15) is 4.79 Å². The van der Waals surface area contributed by atoms with E-state index in [4.69, 9.17) is 4.74 Å². The zero-order chi connectivity index (χ0) is 13.7. The fraction of sp³-hybridized carbons (Fsp3) is 0.615. The Bertz CT molecular complexity index is 438. The van der Waals surface area contributed by atoms with Gasteiger partial charge in [-0.15, -0.1) is 0 Å². The van der Waals surface area contributed by atoms with Crippen LogP contribution in [0.2, 0.25) is 0 Å². The van der Waals surface area contributed by atoms with Gasteiger partial charge in [0, 0.05) is 38.4 Å². The van der Waals surface area contributed by atoms with Crippen LogP contribution in [-0.4, -0.2) is 53.6 Å². The van der Waals surface area contributed by atoms with E-state index in [1.807, 2.05) is 11.0 Å². The lowest BCUT2D eigenvalue weighted by atomic mass is 10.2. The van der Waals surface area contributed by atoms with Crippen LogP contribution in [0, 0.1) is 0 Å². The van der Waals surface area contributed by atoms with Crippen LogP contribution in [0.3, 0.4) is 0 Å². The highest BCUT2D eigenvalue weighted by molar-refractivity contribution is 5.79. The third kappa shape index (κ3) is 3.64. The highest BCUT2D eigenvalue weighted by Crippen LogP contribution is 2.15. The van der Waals surface area contributed by atoms with Gasteiger partial charge in [0.15, 0.2) is 0 Å². The quantitative estimate of drug-likeness (QED) is 0.819. The van der Waals surface area contributed by atoms with Crippen molar-refractivity contribution in [3.63, 3.8) is 0 Å². The Morgan fingerprint density at radius 2 is 2.37 bits per heavy atom. The number of carbonyl (C=O) groups excluding carboxylic acids is 1. The van der Waals surface area contributed by atoms with Gasteiger partial charge in [-0.2, -0.15) is 0 Å². The molecule has 2 heterocycles. The number of amides is 1. The van der Waals surface area contributed by atoms with Crippen LogP contribution in [0.5, 0.6) is 0 Å². The first-order valence-electron chi connectivity index (χ1n) is 6.57. The van der Waals surface area contributed by atoms with Crippen LogP contribution >= 0.6 is 0 Å². The molecule has 0 radical (unpaired) electrons. The summed E-state index contributed by atoms with van der Waals surface area (Å²) in [4.78, 5) is 22.0. The van der Waals surface area contributed by atoms with Crippen LogP contribution in [0.25, 0.3) is 0 Å². The van der Waals surface area contributed by atoms with Crippen molar-refractivity contribution in [2.24, 2.45) is 0 Å². The Morgan fingerprint density at radius 1 is 1.53 bits per heavy atom. The van der Waals surface area contributed by atoms with Crippen molar-refractivity contribution in [3.05, 3.63) is 18.1 Å². The molecule has 104 valence electrons. The summed E-state index contributed by atoms with van der Waals surface area (Å²) in [5, 5.41) is 3.30. The number of nitrogens with one attached hydrogen (secondary N) is 1. The first-order valence-corrected chi connectivity index (χ1v) is 6.57. The molecule has 0 spiro atoms. The lowest BCUT2D eigenvalue weighted by Gasteiger charge is -2.16. The van der Waals surface area contributed by atoms with Crippen LogP contribution < -0.4 is 5.32 Å². The van der Waals surface area contributed by atoms with Crippen molar-refractivity contribution >= 4 is 11.7 Å². The average Bonchev–Trinajstić information content (AvgIpc) is 2.76. The maximum atomic E-state index is 11.8. The summed E-state index contributed by atoms with van der Waals surface area (Å²) in [6.07, 6.45) is 2.94. The third-order valence-corrected chi connectivity index (χ3v) is 3.22. The fourth-order valence-electron chi connectivity index (χ4n) is 2.17. The number of rotatable bonds is 6. The van der Waals surface area contributed by atoms with Gasteiger partial charge in [-0.25, -0.2) is 9.97 Å². The molecule has 1 amide bonds. The number of hydrogen-bond donors (Lipinski definition) is 1. The molecule has 6 heteroatoms. The van der Waals surface area contributed by atoms with Gasteiger partial charge in [0.2, 0.25) is 5.91 Å². The van der Waals surface area contributed by atoms with E-state index in [1.54, 1.807) is 13.4 Å². The highest BCUT2D eigenvalue weighted by Gasteiger charge is 2.29. The Kier molecular flexibility index (Phi) is 4.68. The van der Waals surface area contributed by atoms with Crippen molar-refractivity contribution in [1.82, 2.24) is 14.9 Å². The van der Waals surface area contributed by atoms with E-state index >= 15 is 0 Å². The van der Waals surface area contributed by atoms with Crippen molar-refractivity contribution < 1.29 is 9.53 Å². The van der Waals surface area contributed by atoms with Crippen molar-refractivity contribution in [1.29, 1.82) is 0 Å². The number of likely N-dealkylation sites (tertiary alicyclic amines) is 1. The molecule has 0 saturated carbocycles. The standard InChI is InChI=1S/C13H20N4O2/c1-3-10-6-12(15-9-14-10)16-11-7-13(18)17(8-11)4-5-19-2/h6,9,11H,3-5,7-8H2,1-2H3,(H,14,15,16). The van der Waals surface area contributed by atoms with Crippen molar-refractivity contribution in [2.75, 3.05) is 32.1 Å². The van der Waals surface area contributed by atoms with E-state index in [1.165, 1.54) is 0 Å². The van der Waals surface area contributed by atoms with E-state index < -0.39 is 0 Å². The minimum atomic E-state index is 0.115. The largest absolute Gasteiger partial charge is 0.383 e. The van der Waals surface area contributed by atoms with Gasteiger partial charge in [0.05, 0.1) is 12.6 Å². The second kappa shape index (κ2) is 6.47. The average molecular weight is 264 g/mol. The number of nitrogens with zero attached hydrogens (tertiary/aromatic N) is 3. The number of ether oxygens (including phenoxy) is 1. The Balaban J connectivity index is 1.91. The summed E-state index contributed by atoms with van der Waals surface area (Å²) < 4.78 is 5.00. The lowest BCUT2D eigenvalue weighted by Crippen LogP contribution is -2.31. The number of carbonyl (C=O) groups is 1. The summed E-state index contributed by atoms with van der Waals surface area (Å²) in [6, 6.07) is 2.05. The molecule has 1 aromatic heterocycles. The van der Waals surface area contributed by atoms with E-state index in [-0.39, 0.29) is 11.9 Å². The normalized spacial score (nSPS) is 18.9. The van der Waals surface area contributed by atoms with Crippen LogP contribution in [-0.2, 0) is 16.0 Å². The van der Waals surface area contributed by atoms with E-state index in [0.29, 0.717) is 26.1 Å². The number of methoxy groups -OCH3 is 1. The molecule has 1 aliphatic heterocycles. The first-order chi connectivity index (χ1) is 9.22. The molecular formula is C13H20N4O2. The Morgan fingerprint density at radius 3 is 3.11 bits per heavy atom. The number of anilines is 1. The molecule has 0 bridgehead atoms. The van der Waals surface area contributed by atoms with Crippen LogP contribution in [0.4, 0.5) is 5.82 Å². The topological polar surface area (TPSA) is 67.4 Å². The van der Waals surface area contributed by atoms with E-state index in [0.717, 1.165) is 17.9 Å². The molecule has 1 atom stereocenters. The number of aryl methyl sites for hydroxylation is 1. The molecule has 0 aliphatic carbocycles. The first kappa shape index (κ1) is 13.7. The summed E-state index contributed by atoms with van der Waals surface area (Å²) in [7, 11) is 1.64. The monoisotopic (exact) mass is 264 g/mol. The molecule has 1 saturated heterocycles. The Labute approximate surface area is 113 Å². The highest BCUT2D eigenvalue weighted by atomic mass is 16.5. The van der Waals surface area contributed by atoms with Crippen LogP contribution in [0.15, 0.2) is 12.4 Å². The van der Waals surface area contributed by atoms with E-state index in [2.05, 4.69) is 22.2 Å². The molecule has 1 fully saturated rings. The zero-order valence-corrected chi connectivity index (χ0v) is 11.4. The maximum absolute atomic E-state index is 11.8. The van der Waals surface area contributed by atoms with Crippen molar-refractivity contribution in [3.8, 4) is 0 Å². The summed E-state index contributed by atoms with van der Waals surface area (Å²) >= 11 is 0. The lowest BCUT2D eigenvalue weighted by molar-refractivity contribution is -0.128. The second-order valence-corrected chi connectivity index (χ2v) is 4.63. The smallest absolute Gasteiger partial charge is 0.224 e. The molecule has 1 N–H and O–H groups in total. The minimum Gasteiger partial charge on any atom is -0.383 e. The Hall–Kier alpha value is -1.69. The SMILES string of the molecule is CCc1cc(NC2CC(=O)N(CCOC)C2)ncn1. The summed E-state index contributed by atoms with van der Waals surface area (Å²) in [5.41, 5.74) is 0.998. The molecular weight excluding hydrogens is 244 g/mol. The van der Waals surface area contributed by atoms with Gasteiger partial charge in [-0.05, 0) is 6.42 Å². The molecule has 0 aromatic carbocycles. The fourth-order valence-corrected chi connectivity index (χ4v) is 2.17. The zero-order valence-electron chi connectivity index (χ0n) is 11.4. The van der Waals surface area contributed by atoms with Gasteiger partial charge in [0.1, 0.15) is 12.1 Å². The van der Waals surface area contributed by atoms with Gasteiger partial charge in [-0.1, -0.05) is 6.92 Å². The van der Waals surface area contributed by atoms with Crippen LogP contribution in [0.1, 0.15) is 19.0 Å². The molecule has 1 aromatic rings. The number of aromatic nitrogens is 2. The van der Waals surface area contributed by atoms with Gasteiger partial charge in [0.25, 0.3) is 0 Å². The predicted molar refractivity (Wildman–Crippen MR) is 71.9 cm³/mol. The van der Waals surface area contributed by atoms with Crippen molar-refractivity contribution in [2.45, 2.75) is 25.8 Å². The predicted octanol–water partition coefficient (Wildman–Crippen LogP) is 0.698. The summed E-state index contributed by atoms with van der Waals surface area (Å²) in [5.74, 6) is 0.956. The molecule has 2 rings (SSSR count). The number of hydrogen-bond acceptors (Lipinski definition) is 5. The molecule has 19 heavy (non-hydrogen) atoms. The maximum Gasteiger partial charge on any atom is 0.224 e. The summed E-state index contributed by atoms with van der Waals surface area (Å²) in [6.45, 7) is 3.98. The van der Waals surface area contributed by atoms with Gasteiger partial charge in [-0.3, -0.25) is 4.79 Å². The second-order valence-electron chi connectivity index (χ2n) is 4.63. The van der Waals surface area contributed by atoms with Gasteiger partial charge >= 0.3 is 0 Å². The third-order valence-electron chi connectivity index (χ3n) is 3.22.